The first kappa shape index (κ1) is 13.0. The van der Waals surface area contributed by atoms with Crippen molar-refractivity contribution in [1.82, 2.24) is 4.90 Å². The van der Waals surface area contributed by atoms with Crippen molar-refractivity contribution in [2.75, 3.05) is 25.5 Å². The maximum absolute atomic E-state index is 13.5. The van der Waals surface area contributed by atoms with Crippen LogP contribution in [0.5, 0.6) is 11.5 Å². The van der Waals surface area contributed by atoms with Crippen molar-refractivity contribution in [3.05, 3.63) is 17.7 Å². The zero-order valence-electron chi connectivity index (χ0n) is 10.8. The minimum Gasteiger partial charge on any atom is -0.504 e. The van der Waals surface area contributed by atoms with Gasteiger partial charge in [0.25, 0.3) is 11.8 Å². The zero-order chi connectivity index (χ0) is 14.5. The second-order valence-electron chi connectivity index (χ2n) is 5.10. The van der Waals surface area contributed by atoms with Gasteiger partial charge in [0.15, 0.2) is 11.5 Å². The number of aromatic hydroxyl groups is 1. The topological polar surface area (TPSA) is 61.8 Å². The van der Waals surface area contributed by atoms with Crippen LogP contribution < -0.4 is 10.1 Å². The highest BCUT2D eigenvalue weighted by molar-refractivity contribution is 6.01. The summed E-state index contributed by atoms with van der Waals surface area (Å²) in [5, 5.41) is 12.7. The molecular weight excluding hydrogens is 270 g/mol. The minimum absolute atomic E-state index is 0.0982. The molecule has 0 aromatic heterocycles. The Morgan fingerprint density at radius 3 is 2.95 bits per heavy atom. The second-order valence-corrected chi connectivity index (χ2v) is 5.10. The van der Waals surface area contributed by atoms with Crippen LogP contribution in [0.3, 0.4) is 0 Å². The Bertz CT molecular complexity index is 577. The van der Waals surface area contributed by atoms with Crippen molar-refractivity contribution in [2.45, 2.75) is 18.4 Å². The van der Waals surface area contributed by atoms with E-state index in [1.165, 1.54) is 24.1 Å². The molecule has 1 fully saturated rings. The summed E-state index contributed by atoms with van der Waals surface area (Å²) in [6.07, 6.45) is -0.344. The van der Waals surface area contributed by atoms with E-state index in [9.17, 15) is 18.7 Å². The van der Waals surface area contributed by atoms with E-state index in [4.69, 9.17) is 4.74 Å². The summed E-state index contributed by atoms with van der Waals surface area (Å²) in [5.74, 6) is -3.27. The number of hydrogen-bond acceptors (Lipinski definition) is 4. The lowest BCUT2D eigenvalue weighted by molar-refractivity contribution is 0.0118. The lowest BCUT2D eigenvalue weighted by Gasteiger charge is -2.20. The fraction of sp³-hybridized carbons (Fsp3) is 0.462. The predicted octanol–water partition coefficient (Wildman–Crippen LogP) is 1.68. The number of fused-ring (bicyclic) bond motifs is 2. The number of halogens is 2. The van der Waals surface area contributed by atoms with Crippen molar-refractivity contribution in [2.24, 2.45) is 0 Å². The lowest BCUT2D eigenvalue weighted by atomic mass is 10.1. The number of anilines is 1. The molecule has 1 aromatic rings. The summed E-state index contributed by atoms with van der Waals surface area (Å²) in [7, 11) is 1.36. The first-order chi connectivity index (χ1) is 9.41. The lowest BCUT2D eigenvalue weighted by Crippen LogP contribution is -2.37. The van der Waals surface area contributed by atoms with E-state index < -0.39 is 24.4 Å². The molecule has 1 atom stereocenters. The number of benzene rings is 1. The number of ether oxygens (including phenoxy) is 1. The summed E-state index contributed by atoms with van der Waals surface area (Å²) in [6, 6.07) is 2.21. The number of nitrogens with one attached hydrogen (secondary N) is 1. The summed E-state index contributed by atoms with van der Waals surface area (Å²) in [4.78, 5) is 13.6. The number of hydrogen-bond donors (Lipinski definition) is 2. The normalized spacial score (nSPS) is 23.6. The Kier molecular flexibility index (Phi) is 2.74. The molecule has 3 rings (SSSR count). The molecule has 2 N–H and O–H groups in total. The number of rotatable bonds is 1. The van der Waals surface area contributed by atoms with Gasteiger partial charge in [0, 0.05) is 19.0 Å². The van der Waals surface area contributed by atoms with Gasteiger partial charge in [-0.2, -0.15) is 0 Å². The molecule has 0 aliphatic carbocycles. The molecule has 1 amide bonds. The Labute approximate surface area is 114 Å². The molecule has 1 saturated heterocycles. The van der Waals surface area contributed by atoms with Crippen LogP contribution in [-0.4, -0.2) is 48.1 Å². The molecule has 0 spiro atoms. The van der Waals surface area contributed by atoms with Crippen molar-refractivity contribution < 1.29 is 23.4 Å². The number of methoxy groups -OCH3 is 1. The van der Waals surface area contributed by atoms with Gasteiger partial charge in [0.1, 0.15) is 0 Å². The van der Waals surface area contributed by atoms with E-state index in [0.717, 1.165) is 0 Å². The highest BCUT2D eigenvalue weighted by atomic mass is 19.3. The third kappa shape index (κ3) is 1.93. The molecule has 0 saturated carbocycles. The van der Waals surface area contributed by atoms with Crippen LogP contribution >= 0.6 is 0 Å². The Hall–Kier alpha value is -2.05. The minimum atomic E-state index is -2.85. The van der Waals surface area contributed by atoms with Gasteiger partial charge in [-0.15, -0.1) is 0 Å². The second kappa shape index (κ2) is 4.22. The smallest absolute Gasteiger partial charge is 0.267 e. The van der Waals surface area contributed by atoms with Gasteiger partial charge < -0.3 is 20.1 Å². The van der Waals surface area contributed by atoms with Gasteiger partial charge in [0.05, 0.1) is 30.9 Å². The van der Waals surface area contributed by atoms with Gasteiger partial charge in [-0.25, -0.2) is 8.78 Å². The molecule has 1 aromatic carbocycles. The Balaban J connectivity index is 2.03. The number of phenolic OH excluding ortho intramolecular Hbond substituents is 1. The Morgan fingerprint density at radius 2 is 2.25 bits per heavy atom. The number of carbonyl (C=O) groups is 1. The summed E-state index contributed by atoms with van der Waals surface area (Å²) in [5.41, 5.74) is 0.672. The van der Waals surface area contributed by atoms with E-state index in [1.807, 2.05) is 0 Å². The summed E-state index contributed by atoms with van der Waals surface area (Å²) < 4.78 is 31.9. The maximum Gasteiger partial charge on any atom is 0.267 e. The van der Waals surface area contributed by atoms with Crippen LogP contribution in [-0.2, 0) is 0 Å². The van der Waals surface area contributed by atoms with Gasteiger partial charge in [-0.3, -0.25) is 4.79 Å². The highest BCUT2D eigenvalue weighted by Gasteiger charge is 2.48. The van der Waals surface area contributed by atoms with Gasteiger partial charge in [-0.05, 0) is 6.07 Å². The number of phenols is 1. The molecule has 0 bridgehead atoms. The van der Waals surface area contributed by atoms with E-state index in [2.05, 4.69) is 5.32 Å². The maximum atomic E-state index is 13.5. The third-order valence-electron chi connectivity index (χ3n) is 3.72. The van der Waals surface area contributed by atoms with Crippen molar-refractivity contribution in [3.63, 3.8) is 0 Å². The van der Waals surface area contributed by atoms with Crippen LogP contribution in [0.15, 0.2) is 12.1 Å². The van der Waals surface area contributed by atoms with Crippen LogP contribution in [0, 0.1) is 0 Å². The summed E-state index contributed by atoms with van der Waals surface area (Å²) >= 11 is 0. The Morgan fingerprint density at radius 1 is 1.50 bits per heavy atom. The van der Waals surface area contributed by atoms with Crippen molar-refractivity contribution in [3.8, 4) is 11.5 Å². The summed E-state index contributed by atoms with van der Waals surface area (Å²) in [6.45, 7) is -0.332. The van der Waals surface area contributed by atoms with Gasteiger partial charge in [-0.1, -0.05) is 0 Å². The van der Waals surface area contributed by atoms with Gasteiger partial charge >= 0.3 is 0 Å². The number of alkyl halides is 2. The SMILES string of the molecule is COc1cc2c(cc1O)NC[C@@H]1CC(F)(F)CN1C2=O. The molecule has 2 heterocycles. The molecule has 2 aliphatic heterocycles. The third-order valence-corrected chi connectivity index (χ3v) is 3.72. The van der Waals surface area contributed by atoms with Crippen molar-refractivity contribution >= 4 is 11.6 Å². The standard InChI is InChI=1S/C13H14F2N2O3/c1-20-11-2-8-9(3-10(11)18)16-5-7-4-13(14,15)6-17(7)12(8)19/h2-3,7,16,18H,4-6H2,1H3/t7-/m0/s1. The first-order valence-corrected chi connectivity index (χ1v) is 6.25. The number of carbonyl (C=O) groups excluding carboxylic acids is 1. The van der Waals surface area contributed by atoms with E-state index in [0.29, 0.717) is 5.69 Å². The molecule has 0 radical (unpaired) electrons. The fourth-order valence-electron chi connectivity index (χ4n) is 2.76. The number of nitrogens with zero attached hydrogens (tertiary/aromatic N) is 1. The van der Waals surface area contributed by atoms with Gasteiger partial charge in [0.2, 0.25) is 0 Å². The number of amides is 1. The first-order valence-electron chi connectivity index (χ1n) is 6.25. The van der Waals surface area contributed by atoms with E-state index >= 15 is 0 Å². The molecule has 7 heteroatoms. The molecular formula is C13H14F2N2O3. The fourth-order valence-corrected chi connectivity index (χ4v) is 2.76. The molecule has 0 unspecified atom stereocenters. The predicted molar refractivity (Wildman–Crippen MR) is 67.5 cm³/mol. The van der Waals surface area contributed by atoms with Crippen LogP contribution in [0.2, 0.25) is 0 Å². The molecule has 20 heavy (non-hydrogen) atoms. The molecule has 108 valence electrons. The molecule has 2 aliphatic rings. The van der Waals surface area contributed by atoms with Crippen LogP contribution in [0.25, 0.3) is 0 Å². The highest BCUT2D eigenvalue weighted by Crippen LogP contribution is 2.39. The quantitative estimate of drug-likeness (QED) is 0.823. The van der Waals surface area contributed by atoms with E-state index in [-0.39, 0.29) is 30.0 Å². The molecule has 5 nitrogen and oxygen atoms in total. The zero-order valence-corrected chi connectivity index (χ0v) is 10.8. The van der Waals surface area contributed by atoms with Crippen LogP contribution in [0.1, 0.15) is 16.8 Å². The van der Waals surface area contributed by atoms with Crippen LogP contribution in [0.4, 0.5) is 14.5 Å². The van der Waals surface area contributed by atoms with E-state index in [1.54, 1.807) is 0 Å². The largest absolute Gasteiger partial charge is 0.504 e. The average Bonchev–Trinajstić information content (AvgIpc) is 2.65. The average molecular weight is 284 g/mol. The monoisotopic (exact) mass is 284 g/mol. The van der Waals surface area contributed by atoms with Crippen molar-refractivity contribution in [1.29, 1.82) is 0 Å².